The average molecular weight is 259 g/mol. The van der Waals surface area contributed by atoms with Crippen LogP contribution in [0, 0.1) is 5.92 Å². The Balaban J connectivity index is 1.62. The van der Waals surface area contributed by atoms with Gasteiger partial charge in [0, 0.05) is 18.7 Å². The number of aryl methyl sites for hydroxylation is 1. The van der Waals surface area contributed by atoms with E-state index < -0.39 is 0 Å². The van der Waals surface area contributed by atoms with Crippen LogP contribution in [0.1, 0.15) is 37.7 Å². The summed E-state index contributed by atoms with van der Waals surface area (Å²) in [6.07, 6.45) is 6.74. The predicted molar refractivity (Wildman–Crippen MR) is 78.3 cm³/mol. The maximum absolute atomic E-state index is 11.3. The van der Waals surface area contributed by atoms with Gasteiger partial charge in [0.15, 0.2) is 0 Å². The third-order valence-electron chi connectivity index (χ3n) is 3.97. The second kappa shape index (κ2) is 5.11. The summed E-state index contributed by atoms with van der Waals surface area (Å²) in [5, 5.41) is 6.29. The highest BCUT2D eigenvalue weighted by molar-refractivity contribution is 5.95. The molecule has 1 saturated carbocycles. The van der Waals surface area contributed by atoms with Crippen molar-refractivity contribution in [1.82, 2.24) is 0 Å². The SMILES string of the molecule is Nc1cc2c(cc1NCCCC1CC1)CCC(=O)N2. The number of benzene rings is 1. The number of fused-ring (bicyclic) bond motifs is 1. The molecule has 1 heterocycles. The van der Waals surface area contributed by atoms with E-state index in [0.29, 0.717) is 12.1 Å². The molecular weight excluding hydrogens is 238 g/mol. The largest absolute Gasteiger partial charge is 0.397 e. The zero-order valence-corrected chi connectivity index (χ0v) is 11.2. The molecular formula is C15H21N3O. The highest BCUT2D eigenvalue weighted by Crippen LogP contribution is 2.34. The van der Waals surface area contributed by atoms with E-state index in [-0.39, 0.29) is 5.91 Å². The highest BCUT2D eigenvalue weighted by atomic mass is 16.1. The van der Waals surface area contributed by atoms with Crippen LogP contribution in [0.4, 0.5) is 17.1 Å². The van der Waals surface area contributed by atoms with Crippen LogP contribution in [0.5, 0.6) is 0 Å². The summed E-state index contributed by atoms with van der Waals surface area (Å²) < 4.78 is 0. The molecule has 0 atom stereocenters. The van der Waals surface area contributed by atoms with E-state index in [1.165, 1.54) is 31.2 Å². The molecule has 0 radical (unpaired) electrons. The van der Waals surface area contributed by atoms with Gasteiger partial charge in [-0.05, 0) is 42.9 Å². The summed E-state index contributed by atoms with van der Waals surface area (Å²) in [6, 6.07) is 3.96. The summed E-state index contributed by atoms with van der Waals surface area (Å²) >= 11 is 0. The van der Waals surface area contributed by atoms with Gasteiger partial charge in [0.05, 0.1) is 11.4 Å². The Morgan fingerprint density at radius 1 is 1.32 bits per heavy atom. The monoisotopic (exact) mass is 259 g/mol. The van der Waals surface area contributed by atoms with Crippen LogP contribution in [0.2, 0.25) is 0 Å². The number of nitrogens with two attached hydrogens (primary N) is 1. The molecule has 0 aromatic heterocycles. The lowest BCUT2D eigenvalue weighted by Crippen LogP contribution is -2.19. The van der Waals surface area contributed by atoms with Gasteiger partial charge in [-0.2, -0.15) is 0 Å². The third-order valence-corrected chi connectivity index (χ3v) is 3.97. The lowest BCUT2D eigenvalue weighted by molar-refractivity contribution is -0.116. The van der Waals surface area contributed by atoms with E-state index in [4.69, 9.17) is 5.73 Å². The first kappa shape index (κ1) is 12.3. The van der Waals surface area contributed by atoms with E-state index >= 15 is 0 Å². The van der Waals surface area contributed by atoms with Crippen molar-refractivity contribution in [2.24, 2.45) is 5.92 Å². The van der Waals surface area contributed by atoms with Crippen LogP contribution in [-0.2, 0) is 11.2 Å². The number of hydrogen-bond donors (Lipinski definition) is 3. The maximum atomic E-state index is 11.3. The quantitative estimate of drug-likeness (QED) is 0.562. The van der Waals surface area contributed by atoms with E-state index in [0.717, 1.165) is 30.3 Å². The first-order valence-corrected chi connectivity index (χ1v) is 7.18. The first-order chi connectivity index (χ1) is 9.22. The van der Waals surface area contributed by atoms with Crippen LogP contribution in [-0.4, -0.2) is 12.5 Å². The van der Waals surface area contributed by atoms with Gasteiger partial charge < -0.3 is 16.4 Å². The van der Waals surface area contributed by atoms with Crippen molar-refractivity contribution in [1.29, 1.82) is 0 Å². The van der Waals surface area contributed by atoms with E-state index in [2.05, 4.69) is 16.7 Å². The summed E-state index contributed by atoms with van der Waals surface area (Å²) in [4.78, 5) is 11.3. The standard InChI is InChI=1S/C15H21N3O/c16-12-9-13-11(5-6-15(19)18-13)8-14(12)17-7-1-2-10-3-4-10/h8-10,17H,1-7,16H2,(H,18,19). The number of amides is 1. The molecule has 0 spiro atoms. The van der Waals surface area contributed by atoms with E-state index in [1.807, 2.05) is 6.07 Å². The van der Waals surface area contributed by atoms with Crippen molar-refractivity contribution in [2.45, 2.75) is 38.5 Å². The highest BCUT2D eigenvalue weighted by Gasteiger charge is 2.20. The fourth-order valence-electron chi connectivity index (χ4n) is 2.62. The molecule has 1 aromatic carbocycles. The fourth-order valence-corrected chi connectivity index (χ4v) is 2.62. The van der Waals surface area contributed by atoms with Crippen LogP contribution in [0.15, 0.2) is 12.1 Å². The Hall–Kier alpha value is -1.71. The van der Waals surface area contributed by atoms with Gasteiger partial charge in [-0.1, -0.05) is 12.8 Å². The molecule has 1 aliphatic carbocycles. The van der Waals surface area contributed by atoms with Crippen molar-refractivity contribution in [3.05, 3.63) is 17.7 Å². The summed E-state index contributed by atoms with van der Waals surface area (Å²) in [6.45, 7) is 0.978. The number of hydrogen-bond acceptors (Lipinski definition) is 3. The minimum Gasteiger partial charge on any atom is -0.397 e. The van der Waals surface area contributed by atoms with Crippen molar-refractivity contribution in [3.63, 3.8) is 0 Å². The Kier molecular flexibility index (Phi) is 3.32. The van der Waals surface area contributed by atoms with Gasteiger partial charge in [0.2, 0.25) is 5.91 Å². The molecule has 102 valence electrons. The molecule has 4 heteroatoms. The molecule has 0 unspecified atom stereocenters. The van der Waals surface area contributed by atoms with Gasteiger partial charge in [-0.15, -0.1) is 0 Å². The van der Waals surface area contributed by atoms with Gasteiger partial charge >= 0.3 is 0 Å². The topological polar surface area (TPSA) is 67.1 Å². The number of anilines is 3. The maximum Gasteiger partial charge on any atom is 0.224 e. The van der Waals surface area contributed by atoms with Crippen molar-refractivity contribution < 1.29 is 4.79 Å². The normalized spacial score (nSPS) is 17.8. The second-order valence-corrected chi connectivity index (χ2v) is 5.66. The Morgan fingerprint density at radius 3 is 2.95 bits per heavy atom. The van der Waals surface area contributed by atoms with E-state index in [9.17, 15) is 4.79 Å². The molecule has 1 amide bonds. The number of carbonyl (C=O) groups is 1. The summed E-state index contributed by atoms with van der Waals surface area (Å²) in [7, 11) is 0. The first-order valence-electron chi connectivity index (χ1n) is 7.18. The van der Waals surface area contributed by atoms with Crippen molar-refractivity contribution >= 4 is 23.0 Å². The molecule has 2 aliphatic rings. The molecule has 19 heavy (non-hydrogen) atoms. The smallest absolute Gasteiger partial charge is 0.224 e. The van der Waals surface area contributed by atoms with Crippen molar-refractivity contribution in [3.8, 4) is 0 Å². The zero-order chi connectivity index (χ0) is 13.2. The Bertz CT molecular complexity index is 494. The van der Waals surface area contributed by atoms with Crippen molar-refractivity contribution in [2.75, 3.05) is 22.9 Å². The van der Waals surface area contributed by atoms with Gasteiger partial charge in [-0.3, -0.25) is 4.79 Å². The third kappa shape index (κ3) is 3.00. The van der Waals surface area contributed by atoms with Crippen LogP contribution in [0.25, 0.3) is 0 Å². The zero-order valence-electron chi connectivity index (χ0n) is 11.2. The lowest BCUT2D eigenvalue weighted by atomic mass is 10.0. The van der Waals surface area contributed by atoms with E-state index in [1.54, 1.807) is 0 Å². The minimum atomic E-state index is 0.0806. The summed E-state index contributed by atoms with van der Waals surface area (Å²) in [5.74, 6) is 1.06. The van der Waals surface area contributed by atoms with Gasteiger partial charge in [0.1, 0.15) is 0 Å². The molecule has 1 aromatic rings. The Morgan fingerprint density at radius 2 is 2.16 bits per heavy atom. The minimum absolute atomic E-state index is 0.0806. The molecule has 1 aliphatic heterocycles. The molecule has 4 N–H and O–H groups in total. The number of carbonyl (C=O) groups excluding carboxylic acids is 1. The van der Waals surface area contributed by atoms with Crippen LogP contribution >= 0.6 is 0 Å². The molecule has 4 nitrogen and oxygen atoms in total. The molecule has 1 fully saturated rings. The van der Waals surface area contributed by atoms with Crippen LogP contribution in [0.3, 0.4) is 0 Å². The van der Waals surface area contributed by atoms with Gasteiger partial charge in [-0.25, -0.2) is 0 Å². The second-order valence-electron chi connectivity index (χ2n) is 5.66. The van der Waals surface area contributed by atoms with Gasteiger partial charge in [0.25, 0.3) is 0 Å². The Labute approximate surface area is 113 Å². The average Bonchev–Trinajstić information content (AvgIpc) is 3.19. The lowest BCUT2D eigenvalue weighted by Gasteiger charge is -2.19. The molecule has 0 bridgehead atoms. The molecule has 3 rings (SSSR count). The summed E-state index contributed by atoms with van der Waals surface area (Å²) in [5.41, 5.74) is 9.80. The number of nitrogens with one attached hydrogen (secondary N) is 2. The molecule has 0 saturated heterocycles. The predicted octanol–water partition coefficient (Wildman–Crippen LogP) is 2.76. The van der Waals surface area contributed by atoms with Crippen LogP contribution < -0.4 is 16.4 Å². The number of rotatable bonds is 5. The number of nitrogen functional groups attached to an aromatic ring is 1. The fraction of sp³-hybridized carbons (Fsp3) is 0.533.